The molecule has 0 bridgehead atoms. The lowest BCUT2D eigenvalue weighted by Gasteiger charge is -2.13. The van der Waals surface area contributed by atoms with E-state index in [0.717, 1.165) is 5.56 Å². The standard InChI is InChI=1S/C15H15ClN2O2S/c1-9(11-3-5-12(16)6-4-11)17-15(20)13-7-8-14(21-13)18-10(2)19/h3-9H,1-2H3,(H,17,20)(H,18,19)/t9-/m1/s1. The molecule has 0 aliphatic carbocycles. The fourth-order valence-corrected chi connectivity index (χ4v) is 2.78. The Bertz CT molecular complexity index is 652. The van der Waals surface area contributed by atoms with Crippen molar-refractivity contribution in [2.75, 3.05) is 5.32 Å². The Morgan fingerprint density at radius 2 is 1.81 bits per heavy atom. The molecule has 0 aliphatic rings. The van der Waals surface area contributed by atoms with Crippen LogP contribution < -0.4 is 10.6 Å². The van der Waals surface area contributed by atoms with Crippen LogP contribution in [-0.4, -0.2) is 11.8 Å². The maximum atomic E-state index is 12.2. The highest BCUT2D eigenvalue weighted by Crippen LogP contribution is 2.23. The van der Waals surface area contributed by atoms with Crippen molar-refractivity contribution in [2.45, 2.75) is 19.9 Å². The summed E-state index contributed by atoms with van der Waals surface area (Å²) in [7, 11) is 0. The van der Waals surface area contributed by atoms with Crippen LogP contribution in [-0.2, 0) is 4.79 Å². The Labute approximate surface area is 132 Å². The number of anilines is 1. The van der Waals surface area contributed by atoms with Crippen molar-refractivity contribution in [2.24, 2.45) is 0 Å². The van der Waals surface area contributed by atoms with E-state index in [-0.39, 0.29) is 17.9 Å². The third kappa shape index (κ3) is 4.31. The van der Waals surface area contributed by atoms with E-state index >= 15 is 0 Å². The number of halogens is 1. The Morgan fingerprint density at radius 1 is 1.14 bits per heavy atom. The van der Waals surface area contributed by atoms with Gasteiger partial charge < -0.3 is 10.6 Å². The molecule has 0 spiro atoms. The maximum absolute atomic E-state index is 12.2. The molecule has 2 amide bonds. The summed E-state index contributed by atoms with van der Waals surface area (Å²) in [4.78, 5) is 23.7. The topological polar surface area (TPSA) is 58.2 Å². The van der Waals surface area contributed by atoms with Crippen LogP contribution in [0.15, 0.2) is 36.4 Å². The summed E-state index contributed by atoms with van der Waals surface area (Å²) >= 11 is 7.09. The zero-order valence-electron chi connectivity index (χ0n) is 11.6. The molecule has 1 atom stereocenters. The van der Waals surface area contributed by atoms with Gasteiger partial charge in [0.2, 0.25) is 5.91 Å². The summed E-state index contributed by atoms with van der Waals surface area (Å²) in [5, 5.41) is 6.89. The highest BCUT2D eigenvalue weighted by molar-refractivity contribution is 7.18. The predicted molar refractivity (Wildman–Crippen MR) is 86.0 cm³/mol. The molecule has 1 heterocycles. The minimum Gasteiger partial charge on any atom is -0.345 e. The van der Waals surface area contributed by atoms with Gasteiger partial charge in [-0.2, -0.15) is 0 Å². The van der Waals surface area contributed by atoms with Crippen LogP contribution >= 0.6 is 22.9 Å². The average Bonchev–Trinajstić information content (AvgIpc) is 2.87. The third-order valence-corrected chi connectivity index (χ3v) is 4.10. The largest absolute Gasteiger partial charge is 0.345 e. The summed E-state index contributed by atoms with van der Waals surface area (Å²) in [6, 6.07) is 10.6. The molecule has 1 aromatic heterocycles. The molecule has 0 saturated carbocycles. The lowest BCUT2D eigenvalue weighted by atomic mass is 10.1. The number of thiophene rings is 1. The fourth-order valence-electron chi connectivity index (χ4n) is 1.80. The van der Waals surface area contributed by atoms with Crippen molar-refractivity contribution in [3.05, 3.63) is 51.9 Å². The number of benzene rings is 1. The van der Waals surface area contributed by atoms with Gasteiger partial charge in [-0.15, -0.1) is 11.3 Å². The van der Waals surface area contributed by atoms with Gasteiger partial charge in [0, 0.05) is 11.9 Å². The molecule has 0 fully saturated rings. The number of hydrogen-bond donors (Lipinski definition) is 2. The number of carbonyl (C=O) groups is 2. The van der Waals surface area contributed by atoms with Crippen molar-refractivity contribution in [3.8, 4) is 0 Å². The Balaban J connectivity index is 2.02. The molecule has 6 heteroatoms. The monoisotopic (exact) mass is 322 g/mol. The number of rotatable bonds is 4. The Kier molecular flexibility index (Phi) is 4.98. The normalized spacial score (nSPS) is 11.8. The van der Waals surface area contributed by atoms with Crippen molar-refractivity contribution in [1.29, 1.82) is 0 Å². The van der Waals surface area contributed by atoms with Crippen LogP contribution in [0.4, 0.5) is 5.00 Å². The van der Waals surface area contributed by atoms with Crippen LogP contribution in [0.5, 0.6) is 0 Å². The molecule has 110 valence electrons. The van der Waals surface area contributed by atoms with Gasteiger partial charge in [-0.1, -0.05) is 23.7 Å². The van der Waals surface area contributed by atoms with E-state index in [2.05, 4.69) is 10.6 Å². The van der Waals surface area contributed by atoms with E-state index < -0.39 is 0 Å². The van der Waals surface area contributed by atoms with Crippen LogP contribution in [0.1, 0.15) is 35.1 Å². The van der Waals surface area contributed by atoms with Gasteiger partial charge in [0.15, 0.2) is 0 Å². The average molecular weight is 323 g/mol. The lowest BCUT2D eigenvalue weighted by Crippen LogP contribution is -2.25. The quantitative estimate of drug-likeness (QED) is 0.898. The summed E-state index contributed by atoms with van der Waals surface area (Å²) in [5.41, 5.74) is 0.978. The highest BCUT2D eigenvalue weighted by atomic mass is 35.5. The Morgan fingerprint density at radius 3 is 2.43 bits per heavy atom. The molecular weight excluding hydrogens is 308 g/mol. The first-order valence-corrected chi connectivity index (χ1v) is 7.59. The van der Waals surface area contributed by atoms with E-state index in [0.29, 0.717) is 14.9 Å². The summed E-state index contributed by atoms with van der Waals surface area (Å²) in [5.74, 6) is -0.322. The van der Waals surface area contributed by atoms with E-state index in [4.69, 9.17) is 11.6 Å². The van der Waals surface area contributed by atoms with E-state index in [1.54, 1.807) is 24.3 Å². The first kappa shape index (κ1) is 15.5. The van der Waals surface area contributed by atoms with E-state index in [1.165, 1.54) is 18.3 Å². The van der Waals surface area contributed by atoms with Crippen LogP contribution in [0.3, 0.4) is 0 Å². The first-order valence-electron chi connectivity index (χ1n) is 6.39. The van der Waals surface area contributed by atoms with Crippen molar-refractivity contribution >= 4 is 39.8 Å². The molecule has 0 unspecified atom stereocenters. The molecule has 2 rings (SSSR count). The fraction of sp³-hybridized carbons (Fsp3) is 0.200. The molecule has 21 heavy (non-hydrogen) atoms. The molecular formula is C15H15ClN2O2S. The van der Waals surface area contributed by atoms with Gasteiger partial charge >= 0.3 is 0 Å². The van der Waals surface area contributed by atoms with Gasteiger partial charge in [0.25, 0.3) is 5.91 Å². The zero-order valence-corrected chi connectivity index (χ0v) is 13.2. The molecule has 2 N–H and O–H groups in total. The molecule has 1 aromatic carbocycles. The van der Waals surface area contributed by atoms with Crippen molar-refractivity contribution < 1.29 is 9.59 Å². The van der Waals surface area contributed by atoms with Gasteiger partial charge in [-0.05, 0) is 36.8 Å². The number of carbonyl (C=O) groups excluding carboxylic acids is 2. The van der Waals surface area contributed by atoms with Gasteiger partial charge in [-0.3, -0.25) is 9.59 Å². The van der Waals surface area contributed by atoms with Gasteiger partial charge in [0.1, 0.15) is 0 Å². The number of nitrogens with one attached hydrogen (secondary N) is 2. The van der Waals surface area contributed by atoms with Crippen LogP contribution in [0.2, 0.25) is 5.02 Å². The van der Waals surface area contributed by atoms with E-state index in [9.17, 15) is 9.59 Å². The Hall–Kier alpha value is -1.85. The SMILES string of the molecule is CC(=O)Nc1ccc(C(=O)N[C@H](C)c2ccc(Cl)cc2)s1. The molecule has 0 saturated heterocycles. The molecule has 0 aliphatic heterocycles. The summed E-state index contributed by atoms with van der Waals surface area (Å²) in [6.07, 6.45) is 0. The number of hydrogen-bond acceptors (Lipinski definition) is 3. The second-order valence-electron chi connectivity index (χ2n) is 4.59. The van der Waals surface area contributed by atoms with Crippen LogP contribution in [0.25, 0.3) is 0 Å². The summed E-state index contributed by atoms with van der Waals surface area (Å²) in [6.45, 7) is 3.34. The van der Waals surface area contributed by atoms with Crippen molar-refractivity contribution in [3.63, 3.8) is 0 Å². The minimum absolute atomic E-state index is 0.124. The predicted octanol–water partition coefficient (Wildman–Crippen LogP) is 3.85. The third-order valence-electron chi connectivity index (χ3n) is 2.85. The second-order valence-corrected chi connectivity index (χ2v) is 6.11. The minimum atomic E-state index is -0.168. The highest BCUT2D eigenvalue weighted by Gasteiger charge is 2.13. The van der Waals surface area contributed by atoms with Crippen LogP contribution in [0, 0.1) is 0 Å². The molecule has 4 nitrogen and oxygen atoms in total. The summed E-state index contributed by atoms with van der Waals surface area (Å²) < 4.78 is 0. The van der Waals surface area contributed by atoms with Crippen molar-refractivity contribution in [1.82, 2.24) is 5.32 Å². The van der Waals surface area contributed by atoms with E-state index in [1.807, 2.05) is 19.1 Å². The lowest BCUT2D eigenvalue weighted by molar-refractivity contribution is -0.114. The van der Waals surface area contributed by atoms with Gasteiger partial charge in [0.05, 0.1) is 15.9 Å². The number of amides is 2. The van der Waals surface area contributed by atoms with Gasteiger partial charge in [-0.25, -0.2) is 0 Å². The first-order chi connectivity index (χ1) is 9.95. The smallest absolute Gasteiger partial charge is 0.261 e. The molecule has 0 radical (unpaired) electrons. The second kappa shape index (κ2) is 6.74. The molecule has 2 aromatic rings. The zero-order chi connectivity index (χ0) is 15.4. The maximum Gasteiger partial charge on any atom is 0.261 e.